The molecular weight excluding hydrogens is 300 g/mol. The number of nitrogens with zero attached hydrogens (tertiary/aromatic N) is 1. The molecule has 2 aromatic rings. The molecule has 1 saturated heterocycles. The van der Waals surface area contributed by atoms with Crippen LogP contribution in [0.2, 0.25) is 0 Å². The molecule has 0 bridgehead atoms. The number of carbonyl (C=O) groups is 2. The zero-order chi connectivity index (χ0) is 17.3. The van der Waals surface area contributed by atoms with E-state index in [9.17, 15) is 9.59 Å². The second kappa shape index (κ2) is 6.48. The Balaban J connectivity index is 1.76. The van der Waals surface area contributed by atoms with Gasteiger partial charge in [0.25, 0.3) is 0 Å². The molecule has 0 aromatic heterocycles. The van der Waals surface area contributed by atoms with Crippen LogP contribution in [0.1, 0.15) is 23.1 Å². The van der Waals surface area contributed by atoms with Crippen LogP contribution in [0, 0.1) is 26.7 Å². The summed E-state index contributed by atoms with van der Waals surface area (Å²) in [4.78, 5) is 27.0. The molecule has 1 aliphatic heterocycles. The molecule has 24 heavy (non-hydrogen) atoms. The van der Waals surface area contributed by atoms with Crippen molar-refractivity contribution in [2.75, 3.05) is 16.8 Å². The first kappa shape index (κ1) is 16.2. The third-order valence-electron chi connectivity index (χ3n) is 4.52. The average Bonchev–Trinajstić information content (AvgIpc) is 2.93. The molecule has 124 valence electrons. The van der Waals surface area contributed by atoms with Crippen LogP contribution in [0.5, 0.6) is 0 Å². The normalized spacial score (nSPS) is 17.2. The summed E-state index contributed by atoms with van der Waals surface area (Å²) in [6.07, 6.45) is 0.545. The Morgan fingerprint density at radius 2 is 1.71 bits per heavy atom. The molecule has 4 heteroatoms. The molecule has 1 heterocycles. The zero-order valence-corrected chi connectivity index (χ0v) is 14.3. The first-order valence-electron chi connectivity index (χ1n) is 8.22. The van der Waals surface area contributed by atoms with Crippen molar-refractivity contribution in [3.63, 3.8) is 0 Å². The molecule has 0 saturated carbocycles. The van der Waals surface area contributed by atoms with Crippen molar-refractivity contribution in [2.24, 2.45) is 5.92 Å². The quantitative estimate of drug-likeness (QED) is 0.878. The first-order valence-corrected chi connectivity index (χ1v) is 8.22. The summed E-state index contributed by atoms with van der Waals surface area (Å²) < 4.78 is 0. The van der Waals surface area contributed by atoms with E-state index in [1.54, 1.807) is 4.90 Å². The summed E-state index contributed by atoms with van der Waals surface area (Å²) in [5.74, 6) is -0.958. The van der Waals surface area contributed by atoms with Crippen molar-refractivity contribution >= 4 is 23.2 Å². The highest BCUT2D eigenvalue weighted by molar-refractivity contribution is 6.13. The fourth-order valence-corrected chi connectivity index (χ4v) is 3.38. The van der Waals surface area contributed by atoms with E-state index in [2.05, 4.69) is 5.32 Å². The molecule has 0 radical (unpaired) electrons. The molecule has 3 rings (SSSR count). The Morgan fingerprint density at radius 3 is 2.33 bits per heavy atom. The van der Waals surface area contributed by atoms with Gasteiger partial charge >= 0.3 is 0 Å². The minimum absolute atomic E-state index is 0.124. The molecule has 1 N–H and O–H groups in total. The molecule has 4 nitrogen and oxygen atoms in total. The van der Waals surface area contributed by atoms with Crippen molar-refractivity contribution in [1.82, 2.24) is 0 Å². The number of carbonyl (C=O) groups excluding carboxylic acids is 2. The number of para-hydroxylation sites is 1. The number of amides is 2. The number of hydrogen-bond donors (Lipinski definition) is 1. The van der Waals surface area contributed by atoms with E-state index in [-0.39, 0.29) is 11.8 Å². The second-order valence-corrected chi connectivity index (χ2v) is 6.43. The molecular formula is C20H22N2O2. The highest BCUT2D eigenvalue weighted by Gasteiger charge is 2.37. The fourth-order valence-electron chi connectivity index (χ4n) is 3.38. The average molecular weight is 322 g/mol. The van der Waals surface area contributed by atoms with Crippen LogP contribution < -0.4 is 10.2 Å². The number of benzene rings is 2. The van der Waals surface area contributed by atoms with Gasteiger partial charge in [0.2, 0.25) is 11.8 Å². The van der Waals surface area contributed by atoms with E-state index >= 15 is 0 Å². The lowest BCUT2D eigenvalue weighted by Crippen LogP contribution is -2.33. The van der Waals surface area contributed by atoms with Gasteiger partial charge in [-0.05, 0) is 50.5 Å². The van der Waals surface area contributed by atoms with E-state index in [4.69, 9.17) is 0 Å². The maximum absolute atomic E-state index is 12.6. The molecule has 1 atom stereocenters. The lowest BCUT2D eigenvalue weighted by molar-refractivity contribution is -0.129. The first-order chi connectivity index (χ1) is 11.5. The standard InChI is InChI=1S/C20H22N2O2/c1-13-11-14(2)18(15(3)12-13)21-19(23)17-9-10-22(20(17)24)16-7-5-4-6-8-16/h4-8,11-12,17H,9-10H2,1-3H3,(H,21,23)/t17-/m1/s1. The van der Waals surface area contributed by atoms with E-state index in [1.165, 1.54) is 0 Å². The summed E-state index contributed by atoms with van der Waals surface area (Å²) in [5.41, 5.74) is 4.87. The van der Waals surface area contributed by atoms with Gasteiger partial charge in [0.15, 0.2) is 0 Å². The molecule has 2 aromatic carbocycles. The predicted octanol–water partition coefficient (Wildman–Crippen LogP) is 3.60. The Hall–Kier alpha value is -2.62. The third kappa shape index (κ3) is 3.04. The summed E-state index contributed by atoms with van der Waals surface area (Å²) in [5, 5.41) is 2.96. The van der Waals surface area contributed by atoms with E-state index in [0.717, 1.165) is 28.1 Å². The van der Waals surface area contributed by atoms with Gasteiger partial charge < -0.3 is 10.2 Å². The van der Waals surface area contributed by atoms with Gasteiger partial charge in [0.1, 0.15) is 5.92 Å². The van der Waals surface area contributed by atoms with Crippen molar-refractivity contribution in [3.05, 3.63) is 59.2 Å². The summed E-state index contributed by atoms with van der Waals surface area (Å²) in [6, 6.07) is 13.6. The van der Waals surface area contributed by atoms with Crippen LogP contribution in [0.4, 0.5) is 11.4 Å². The van der Waals surface area contributed by atoms with Gasteiger partial charge in [-0.15, -0.1) is 0 Å². The van der Waals surface area contributed by atoms with Crippen molar-refractivity contribution in [1.29, 1.82) is 0 Å². The van der Waals surface area contributed by atoms with E-state index in [0.29, 0.717) is 13.0 Å². The number of aryl methyl sites for hydroxylation is 3. The minimum atomic E-state index is -0.620. The van der Waals surface area contributed by atoms with Gasteiger partial charge in [0.05, 0.1) is 0 Å². The lowest BCUT2D eigenvalue weighted by Gasteiger charge is -2.17. The summed E-state index contributed by atoms with van der Waals surface area (Å²) in [6.45, 7) is 6.56. The fraction of sp³-hybridized carbons (Fsp3) is 0.300. The minimum Gasteiger partial charge on any atom is -0.325 e. The summed E-state index contributed by atoms with van der Waals surface area (Å²) >= 11 is 0. The van der Waals surface area contributed by atoms with E-state index < -0.39 is 5.92 Å². The molecule has 0 unspecified atom stereocenters. The Kier molecular flexibility index (Phi) is 4.38. The van der Waals surface area contributed by atoms with Crippen LogP contribution in [-0.4, -0.2) is 18.4 Å². The van der Waals surface area contributed by atoms with Gasteiger partial charge in [0, 0.05) is 17.9 Å². The van der Waals surface area contributed by atoms with Gasteiger partial charge in [-0.3, -0.25) is 9.59 Å². The van der Waals surface area contributed by atoms with E-state index in [1.807, 2.05) is 63.2 Å². The van der Waals surface area contributed by atoms with Crippen LogP contribution in [0.15, 0.2) is 42.5 Å². The van der Waals surface area contributed by atoms with Crippen molar-refractivity contribution < 1.29 is 9.59 Å². The third-order valence-corrected chi connectivity index (χ3v) is 4.52. The maximum atomic E-state index is 12.6. The van der Waals surface area contributed by atoms with Crippen LogP contribution in [0.3, 0.4) is 0 Å². The molecule has 1 aliphatic rings. The Labute approximate surface area is 142 Å². The number of rotatable bonds is 3. The topological polar surface area (TPSA) is 49.4 Å². The summed E-state index contributed by atoms with van der Waals surface area (Å²) in [7, 11) is 0. The zero-order valence-electron chi connectivity index (χ0n) is 14.3. The smallest absolute Gasteiger partial charge is 0.239 e. The highest BCUT2D eigenvalue weighted by atomic mass is 16.2. The largest absolute Gasteiger partial charge is 0.325 e. The predicted molar refractivity (Wildman–Crippen MR) is 96.2 cm³/mol. The van der Waals surface area contributed by atoms with Crippen LogP contribution >= 0.6 is 0 Å². The molecule has 0 spiro atoms. The van der Waals surface area contributed by atoms with Gasteiger partial charge in [-0.25, -0.2) is 0 Å². The SMILES string of the molecule is Cc1cc(C)c(NC(=O)[C@H]2CCN(c3ccccc3)C2=O)c(C)c1. The molecule has 0 aliphatic carbocycles. The Morgan fingerprint density at radius 1 is 1.08 bits per heavy atom. The lowest BCUT2D eigenvalue weighted by atomic mass is 10.0. The molecule has 1 fully saturated rings. The van der Waals surface area contributed by atoms with Crippen molar-refractivity contribution in [3.8, 4) is 0 Å². The van der Waals surface area contributed by atoms with Gasteiger partial charge in [-0.2, -0.15) is 0 Å². The highest BCUT2D eigenvalue weighted by Crippen LogP contribution is 2.28. The van der Waals surface area contributed by atoms with Gasteiger partial charge in [-0.1, -0.05) is 35.9 Å². The monoisotopic (exact) mass is 322 g/mol. The Bertz CT molecular complexity index is 760. The second-order valence-electron chi connectivity index (χ2n) is 6.43. The van der Waals surface area contributed by atoms with Crippen molar-refractivity contribution in [2.45, 2.75) is 27.2 Å². The number of anilines is 2. The van der Waals surface area contributed by atoms with Crippen LogP contribution in [-0.2, 0) is 9.59 Å². The number of hydrogen-bond acceptors (Lipinski definition) is 2. The number of nitrogens with one attached hydrogen (secondary N) is 1. The van der Waals surface area contributed by atoms with Crippen LogP contribution in [0.25, 0.3) is 0 Å². The molecule has 2 amide bonds. The maximum Gasteiger partial charge on any atom is 0.239 e.